The van der Waals surface area contributed by atoms with Gasteiger partial charge in [-0.1, -0.05) is 12.1 Å². The number of aromatic nitrogens is 1. The summed E-state index contributed by atoms with van der Waals surface area (Å²) in [6.45, 7) is 0.243. The largest absolute Gasteiger partial charge is 0.433 e. The van der Waals surface area contributed by atoms with Gasteiger partial charge in [-0.3, -0.25) is 14.9 Å². The molecule has 0 saturated heterocycles. The number of fused-ring (bicyclic) bond motifs is 1. The van der Waals surface area contributed by atoms with E-state index in [2.05, 4.69) is 10.3 Å². The molecule has 3 aromatic rings. The van der Waals surface area contributed by atoms with Crippen molar-refractivity contribution < 1.29 is 14.1 Å². The number of nitro groups is 1. The first-order valence-electron chi connectivity index (χ1n) is 6.00. The van der Waals surface area contributed by atoms with Gasteiger partial charge >= 0.3 is 5.88 Å². The van der Waals surface area contributed by atoms with E-state index in [0.717, 1.165) is 21.3 Å². The number of nitrogens with zero attached hydrogens (tertiary/aromatic N) is 2. The van der Waals surface area contributed by atoms with E-state index >= 15 is 0 Å². The fraction of sp³-hybridized carbons (Fsp3) is 0.0769. The van der Waals surface area contributed by atoms with Crippen LogP contribution in [0.1, 0.15) is 15.6 Å². The molecule has 0 aliphatic carbocycles. The molecule has 1 amide bonds. The van der Waals surface area contributed by atoms with Crippen molar-refractivity contribution in [1.29, 1.82) is 0 Å². The van der Waals surface area contributed by atoms with Crippen LogP contribution in [-0.4, -0.2) is 15.8 Å². The zero-order chi connectivity index (χ0) is 14.8. The summed E-state index contributed by atoms with van der Waals surface area (Å²) < 4.78 is 5.86. The molecular weight excluding hydrogens is 294 g/mol. The first-order valence-corrected chi connectivity index (χ1v) is 6.82. The average molecular weight is 303 g/mol. The molecule has 0 fully saturated rings. The maximum Gasteiger partial charge on any atom is 0.433 e. The van der Waals surface area contributed by atoms with Crippen LogP contribution in [0.3, 0.4) is 0 Å². The minimum Gasteiger partial charge on any atom is -0.395 e. The van der Waals surface area contributed by atoms with Crippen molar-refractivity contribution in [3.63, 3.8) is 0 Å². The number of amides is 1. The van der Waals surface area contributed by atoms with Gasteiger partial charge in [-0.25, -0.2) is 4.98 Å². The Hall–Kier alpha value is -2.74. The molecule has 21 heavy (non-hydrogen) atoms. The molecule has 106 valence electrons. The number of hydrogen-bond acceptors (Lipinski definition) is 6. The predicted molar refractivity (Wildman–Crippen MR) is 76.2 cm³/mol. The van der Waals surface area contributed by atoms with Crippen LogP contribution in [0.15, 0.2) is 40.8 Å². The molecule has 7 nitrogen and oxygen atoms in total. The third-order valence-electron chi connectivity index (χ3n) is 2.73. The lowest BCUT2D eigenvalue weighted by Gasteiger charge is -1.98. The number of furan rings is 1. The summed E-state index contributed by atoms with van der Waals surface area (Å²) in [5, 5.41) is 13.9. The molecule has 0 atom stereocenters. The number of thiazole rings is 1. The molecule has 0 spiro atoms. The summed E-state index contributed by atoms with van der Waals surface area (Å²) in [7, 11) is 0. The van der Waals surface area contributed by atoms with Crippen molar-refractivity contribution in [1.82, 2.24) is 10.3 Å². The molecule has 3 rings (SSSR count). The summed E-state index contributed by atoms with van der Waals surface area (Å²) in [5.74, 6) is -1.06. The molecule has 2 heterocycles. The van der Waals surface area contributed by atoms with Crippen LogP contribution >= 0.6 is 11.3 Å². The highest BCUT2D eigenvalue weighted by atomic mass is 32.1. The predicted octanol–water partition coefficient (Wildman–Crippen LogP) is 2.73. The average Bonchev–Trinajstić information content (AvgIpc) is 3.11. The summed E-state index contributed by atoms with van der Waals surface area (Å²) in [6.07, 6.45) is 0. The smallest absolute Gasteiger partial charge is 0.395 e. The Bertz CT molecular complexity index is 791. The first-order chi connectivity index (χ1) is 10.1. The monoisotopic (exact) mass is 303 g/mol. The fourth-order valence-corrected chi connectivity index (χ4v) is 2.69. The van der Waals surface area contributed by atoms with Gasteiger partial charge in [0.25, 0.3) is 5.91 Å². The Labute approximate surface area is 122 Å². The lowest BCUT2D eigenvalue weighted by molar-refractivity contribution is -0.402. The molecule has 1 aromatic carbocycles. The number of carbonyl (C=O) groups excluding carboxylic acids is 1. The normalized spacial score (nSPS) is 10.7. The molecule has 0 radical (unpaired) electrons. The second kappa shape index (κ2) is 5.33. The van der Waals surface area contributed by atoms with Gasteiger partial charge in [0.05, 0.1) is 22.8 Å². The zero-order valence-electron chi connectivity index (χ0n) is 10.6. The van der Waals surface area contributed by atoms with E-state index in [1.54, 1.807) is 0 Å². The number of carbonyl (C=O) groups is 1. The third kappa shape index (κ3) is 2.75. The molecule has 0 saturated carbocycles. The Kier molecular flexibility index (Phi) is 3.36. The van der Waals surface area contributed by atoms with E-state index in [4.69, 9.17) is 4.42 Å². The highest BCUT2D eigenvalue weighted by molar-refractivity contribution is 7.18. The molecule has 1 N–H and O–H groups in total. The van der Waals surface area contributed by atoms with Gasteiger partial charge in [-0.2, -0.15) is 0 Å². The maximum absolute atomic E-state index is 11.8. The summed E-state index contributed by atoms with van der Waals surface area (Å²) in [5.41, 5.74) is 0.875. The molecule has 0 bridgehead atoms. The van der Waals surface area contributed by atoms with E-state index in [0.29, 0.717) is 0 Å². The maximum atomic E-state index is 11.8. The molecule has 0 aliphatic rings. The van der Waals surface area contributed by atoms with Crippen LogP contribution in [0.4, 0.5) is 5.88 Å². The van der Waals surface area contributed by atoms with Crippen molar-refractivity contribution in [2.45, 2.75) is 6.54 Å². The van der Waals surface area contributed by atoms with E-state index in [1.807, 2.05) is 24.3 Å². The summed E-state index contributed by atoms with van der Waals surface area (Å²) >= 11 is 1.48. The van der Waals surface area contributed by atoms with Gasteiger partial charge in [-0.15, -0.1) is 11.3 Å². The van der Waals surface area contributed by atoms with Gasteiger partial charge in [0.1, 0.15) is 9.93 Å². The number of nitrogens with one attached hydrogen (secondary N) is 1. The molecule has 8 heteroatoms. The molecule has 0 unspecified atom stereocenters. The second-order valence-electron chi connectivity index (χ2n) is 4.15. The standard InChI is InChI=1S/C13H9N3O4S/c17-13(9-5-6-12(20-9)16(18)19)14-7-11-15-8-3-1-2-4-10(8)21-11/h1-6H,7H2,(H,14,17). The molecule has 2 aromatic heterocycles. The number of rotatable bonds is 4. The second-order valence-corrected chi connectivity index (χ2v) is 5.27. The summed E-state index contributed by atoms with van der Waals surface area (Å²) in [4.78, 5) is 26.0. The SMILES string of the molecule is O=C(NCc1nc2ccccc2s1)c1ccc([N+](=O)[O-])o1. The highest BCUT2D eigenvalue weighted by Gasteiger charge is 2.17. The zero-order valence-corrected chi connectivity index (χ0v) is 11.4. The third-order valence-corrected chi connectivity index (χ3v) is 3.77. The molecule has 0 aliphatic heterocycles. The van der Waals surface area contributed by atoms with Gasteiger partial charge in [0, 0.05) is 0 Å². The summed E-state index contributed by atoms with van der Waals surface area (Å²) in [6, 6.07) is 10.1. The van der Waals surface area contributed by atoms with Crippen LogP contribution in [0.5, 0.6) is 0 Å². The van der Waals surface area contributed by atoms with Crippen LogP contribution in [0.2, 0.25) is 0 Å². The van der Waals surface area contributed by atoms with Crippen molar-refractivity contribution in [2.75, 3.05) is 0 Å². The van der Waals surface area contributed by atoms with E-state index in [9.17, 15) is 14.9 Å². The van der Waals surface area contributed by atoms with Crippen LogP contribution in [0, 0.1) is 10.1 Å². The number of hydrogen-bond donors (Lipinski definition) is 1. The topological polar surface area (TPSA) is 98.3 Å². The van der Waals surface area contributed by atoms with Crippen LogP contribution < -0.4 is 5.32 Å². The minimum atomic E-state index is -0.690. The van der Waals surface area contributed by atoms with E-state index in [-0.39, 0.29) is 12.3 Å². The Morgan fingerprint density at radius 3 is 2.86 bits per heavy atom. The lowest BCUT2D eigenvalue weighted by Crippen LogP contribution is -2.22. The van der Waals surface area contributed by atoms with Gasteiger partial charge < -0.3 is 9.73 Å². The lowest BCUT2D eigenvalue weighted by atomic mass is 10.3. The van der Waals surface area contributed by atoms with Crippen molar-refractivity contribution >= 4 is 33.3 Å². The van der Waals surface area contributed by atoms with E-state index < -0.39 is 16.7 Å². The quantitative estimate of drug-likeness (QED) is 0.590. The Morgan fingerprint density at radius 2 is 2.14 bits per heavy atom. The number of benzene rings is 1. The van der Waals surface area contributed by atoms with Crippen molar-refractivity contribution in [2.24, 2.45) is 0 Å². The minimum absolute atomic E-state index is 0.0946. The highest BCUT2D eigenvalue weighted by Crippen LogP contribution is 2.21. The van der Waals surface area contributed by atoms with Gasteiger partial charge in [0.15, 0.2) is 5.76 Å². The van der Waals surface area contributed by atoms with E-state index in [1.165, 1.54) is 17.4 Å². The first kappa shape index (κ1) is 13.3. The van der Waals surface area contributed by atoms with Crippen LogP contribution in [-0.2, 0) is 6.54 Å². The Morgan fingerprint density at radius 1 is 1.33 bits per heavy atom. The van der Waals surface area contributed by atoms with Crippen LogP contribution in [0.25, 0.3) is 10.2 Å². The van der Waals surface area contributed by atoms with Crippen molar-refractivity contribution in [3.8, 4) is 0 Å². The Balaban J connectivity index is 1.68. The van der Waals surface area contributed by atoms with Crippen molar-refractivity contribution in [3.05, 3.63) is 57.3 Å². The van der Waals surface area contributed by atoms with Gasteiger partial charge in [0.2, 0.25) is 0 Å². The van der Waals surface area contributed by atoms with Gasteiger partial charge in [-0.05, 0) is 18.2 Å². The molecular formula is C13H9N3O4S. The number of para-hydroxylation sites is 1. The fourth-order valence-electron chi connectivity index (χ4n) is 1.79.